The van der Waals surface area contributed by atoms with Crippen molar-refractivity contribution in [1.29, 1.82) is 0 Å². The molecule has 4 nitrogen and oxygen atoms in total. The Labute approximate surface area is 184 Å². The number of hydrazone groups is 1. The second kappa shape index (κ2) is 9.65. The fourth-order valence-electron chi connectivity index (χ4n) is 4.58. The molecule has 2 aromatic carbocycles. The third-order valence-electron chi connectivity index (χ3n) is 6.27. The lowest BCUT2D eigenvalue weighted by molar-refractivity contribution is 0.283. The summed E-state index contributed by atoms with van der Waals surface area (Å²) in [6.07, 6.45) is 8.48. The molecule has 0 fully saturated rings. The number of rotatable bonds is 11. The highest BCUT2D eigenvalue weighted by Crippen LogP contribution is 2.53. The second-order valence-corrected chi connectivity index (χ2v) is 8.43. The molecule has 0 radical (unpaired) electrons. The molecule has 2 atom stereocenters. The molecular weight excluding hydrogens is 389 g/mol. The number of hydrogen-bond donors (Lipinski definition) is 2. The van der Waals surface area contributed by atoms with Crippen molar-refractivity contribution < 1.29 is 9.50 Å². The summed E-state index contributed by atoms with van der Waals surface area (Å²) in [5.74, 6) is -0.00470. The number of nitrogens with zero attached hydrogens (tertiary/aromatic N) is 2. The maximum atomic E-state index is 13.6. The van der Waals surface area contributed by atoms with Crippen LogP contribution in [0.25, 0.3) is 0 Å². The van der Waals surface area contributed by atoms with Crippen LogP contribution >= 0.6 is 0 Å². The van der Waals surface area contributed by atoms with Gasteiger partial charge in [0.2, 0.25) is 0 Å². The van der Waals surface area contributed by atoms with Crippen molar-refractivity contribution in [3.8, 4) is 0 Å². The smallest absolute Gasteiger partial charge is 0.131 e. The van der Waals surface area contributed by atoms with Gasteiger partial charge in [-0.1, -0.05) is 50.1 Å². The molecule has 1 spiro atoms. The molecule has 1 aliphatic carbocycles. The quantitative estimate of drug-likeness (QED) is 0.488. The molecular formula is C26H32FN3O. The van der Waals surface area contributed by atoms with E-state index < -0.39 is 0 Å². The lowest BCUT2D eigenvalue weighted by Crippen LogP contribution is -2.42. The van der Waals surface area contributed by atoms with E-state index in [0.717, 1.165) is 62.0 Å². The molecule has 2 unspecified atom stereocenters. The highest BCUT2D eigenvalue weighted by atomic mass is 19.1. The molecule has 0 saturated heterocycles. The molecule has 31 heavy (non-hydrogen) atoms. The monoisotopic (exact) mass is 421 g/mol. The van der Waals surface area contributed by atoms with E-state index >= 15 is 0 Å². The van der Waals surface area contributed by atoms with Gasteiger partial charge in [-0.25, -0.2) is 9.40 Å². The number of unbranched alkanes of at least 4 members (excludes halogenated alkanes) is 3. The normalized spacial score (nSPS) is 21.9. The Bertz CT molecular complexity index is 925. The molecule has 4 rings (SSSR count). The summed E-state index contributed by atoms with van der Waals surface area (Å²) in [7, 11) is 0. The molecule has 5 heteroatoms. The second-order valence-electron chi connectivity index (χ2n) is 8.43. The number of aliphatic hydroxyl groups excluding tert-OH is 1. The van der Waals surface area contributed by atoms with Gasteiger partial charge in [-0.05, 0) is 61.6 Å². The zero-order valence-electron chi connectivity index (χ0n) is 18.2. The zero-order valence-corrected chi connectivity index (χ0v) is 18.2. The molecule has 0 amide bonds. The average Bonchev–Trinajstić information content (AvgIpc) is 3.41. The third-order valence-corrected chi connectivity index (χ3v) is 6.27. The highest BCUT2D eigenvalue weighted by molar-refractivity contribution is 6.07. The lowest BCUT2D eigenvalue weighted by atomic mass is 9.83. The number of hydrogen-bond acceptors (Lipinski definition) is 4. The Hall–Kier alpha value is -2.66. The maximum absolute atomic E-state index is 13.6. The summed E-state index contributed by atoms with van der Waals surface area (Å²) in [5, 5.41) is 19.9. The van der Waals surface area contributed by atoms with Gasteiger partial charge in [-0.15, -0.1) is 0 Å². The fourth-order valence-corrected chi connectivity index (χ4v) is 4.58. The number of aliphatic hydroxyl groups is 1. The summed E-state index contributed by atoms with van der Waals surface area (Å²) in [4.78, 5) is 0. The van der Waals surface area contributed by atoms with E-state index in [0.29, 0.717) is 0 Å². The van der Waals surface area contributed by atoms with Gasteiger partial charge in [0, 0.05) is 24.8 Å². The van der Waals surface area contributed by atoms with Crippen LogP contribution in [0.4, 0.5) is 10.1 Å². The van der Waals surface area contributed by atoms with Crippen molar-refractivity contribution in [2.75, 3.05) is 18.2 Å². The predicted octanol–water partition coefficient (Wildman–Crippen LogP) is 5.24. The Balaban J connectivity index is 1.63. The van der Waals surface area contributed by atoms with Gasteiger partial charge >= 0.3 is 0 Å². The standard InChI is InChI=1S/C26H32FN3O/c1-2-3-12-23-25(20-13-15-21(27)16-14-20)29-30(22-10-6-4-7-11-22)26(23)19-24(26)28-17-8-5-9-18-31/h4,6-7,10-11,13-16,19,23,28,31H,2-3,5,8-9,12,17-18H2,1H3. The Morgan fingerprint density at radius 2 is 1.81 bits per heavy atom. The molecule has 1 heterocycles. The van der Waals surface area contributed by atoms with Crippen molar-refractivity contribution in [1.82, 2.24) is 5.32 Å². The molecule has 2 aliphatic rings. The van der Waals surface area contributed by atoms with E-state index in [2.05, 4.69) is 35.5 Å². The molecule has 0 bridgehead atoms. The van der Waals surface area contributed by atoms with Gasteiger partial charge in [-0.2, -0.15) is 5.10 Å². The van der Waals surface area contributed by atoms with Crippen LogP contribution < -0.4 is 10.3 Å². The molecule has 164 valence electrons. The van der Waals surface area contributed by atoms with E-state index in [1.165, 1.54) is 17.8 Å². The summed E-state index contributed by atoms with van der Waals surface area (Å²) in [6, 6.07) is 17.0. The van der Waals surface area contributed by atoms with Crippen molar-refractivity contribution in [2.24, 2.45) is 11.0 Å². The molecule has 0 aromatic heterocycles. The summed E-state index contributed by atoms with van der Waals surface area (Å²) in [5.41, 5.74) is 4.04. The minimum Gasteiger partial charge on any atom is -0.396 e. The number of anilines is 1. The zero-order chi connectivity index (χ0) is 21.7. The Morgan fingerprint density at radius 3 is 2.52 bits per heavy atom. The summed E-state index contributed by atoms with van der Waals surface area (Å²) >= 11 is 0. The van der Waals surface area contributed by atoms with Crippen LogP contribution in [0.1, 0.15) is 51.0 Å². The van der Waals surface area contributed by atoms with Gasteiger partial charge < -0.3 is 10.4 Å². The number of para-hydroxylation sites is 1. The fraction of sp³-hybridized carbons (Fsp3) is 0.423. The third kappa shape index (κ3) is 4.38. The molecule has 2 aromatic rings. The van der Waals surface area contributed by atoms with Gasteiger partial charge in [0.1, 0.15) is 11.4 Å². The van der Waals surface area contributed by atoms with E-state index in [1.807, 2.05) is 30.3 Å². The number of halogens is 1. The number of benzene rings is 2. The lowest BCUT2D eigenvalue weighted by Gasteiger charge is -2.31. The van der Waals surface area contributed by atoms with Gasteiger partial charge in [0.25, 0.3) is 0 Å². The Morgan fingerprint density at radius 1 is 1.03 bits per heavy atom. The highest BCUT2D eigenvalue weighted by Gasteiger charge is 2.60. The van der Waals surface area contributed by atoms with Crippen molar-refractivity contribution in [3.05, 3.63) is 77.8 Å². The largest absolute Gasteiger partial charge is 0.396 e. The van der Waals surface area contributed by atoms with Gasteiger partial charge in [-0.3, -0.25) is 0 Å². The minimum atomic E-state index is -0.267. The summed E-state index contributed by atoms with van der Waals surface area (Å²) in [6.45, 7) is 3.36. The molecule has 0 saturated carbocycles. The van der Waals surface area contributed by atoms with Crippen LogP contribution in [0.3, 0.4) is 0 Å². The first-order chi connectivity index (χ1) is 15.2. The first kappa shape index (κ1) is 21.6. The van der Waals surface area contributed by atoms with E-state index in [4.69, 9.17) is 10.2 Å². The van der Waals surface area contributed by atoms with Crippen LogP contribution in [0.15, 0.2) is 71.5 Å². The molecule has 2 N–H and O–H groups in total. The van der Waals surface area contributed by atoms with E-state index in [-0.39, 0.29) is 23.9 Å². The van der Waals surface area contributed by atoms with E-state index in [9.17, 15) is 4.39 Å². The Kier molecular flexibility index (Phi) is 6.71. The van der Waals surface area contributed by atoms with Crippen molar-refractivity contribution in [2.45, 2.75) is 51.0 Å². The van der Waals surface area contributed by atoms with Crippen LogP contribution in [0, 0.1) is 11.7 Å². The van der Waals surface area contributed by atoms with Crippen LogP contribution in [0.5, 0.6) is 0 Å². The van der Waals surface area contributed by atoms with Crippen LogP contribution in [0.2, 0.25) is 0 Å². The van der Waals surface area contributed by atoms with Gasteiger partial charge in [0.15, 0.2) is 0 Å². The maximum Gasteiger partial charge on any atom is 0.131 e. The number of nitrogens with one attached hydrogen (secondary N) is 1. The molecule has 1 aliphatic heterocycles. The van der Waals surface area contributed by atoms with Crippen LogP contribution in [-0.4, -0.2) is 29.5 Å². The predicted molar refractivity (Wildman–Crippen MR) is 125 cm³/mol. The first-order valence-electron chi connectivity index (χ1n) is 11.5. The van der Waals surface area contributed by atoms with Crippen LogP contribution in [-0.2, 0) is 0 Å². The summed E-state index contributed by atoms with van der Waals surface area (Å²) < 4.78 is 13.6. The van der Waals surface area contributed by atoms with Crippen molar-refractivity contribution in [3.63, 3.8) is 0 Å². The topological polar surface area (TPSA) is 47.9 Å². The minimum absolute atomic E-state index is 0.220. The first-order valence-corrected chi connectivity index (χ1v) is 11.5. The average molecular weight is 422 g/mol. The van der Waals surface area contributed by atoms with Gasteiger partial charge in [0.05, 0.1) is 11.4 Å². The SMILES string of the molecule is CCCCC1C(c2ccc(F)cc2)=NN(c2ccccc2)C12C=C2NCCCCCO. The van der Waals surface area contributed by atoms with E-state index in [1.54, 1.807) is 0 Å². The van der Waals surface area contributed by atoms with Crippen molar-refractivity contribution >= 4 is 11.4 Å².